The van der Waals surface area contributed by atoms with Crippen LogP contribution in [0.2, 0.25) is 0 Å². The van der Waals surface area contributed by atoms with Gasteiger partial charge in [0.25, 0.3) is 0 Å². The normalized spacial score (nSPS) is 13.2. The first-order valence-electron chi connectivity index (χ1n) is 28.4. The summed E-state index contributed by atoms with van der Waals surface area (Å²) in [6, 6.07) is 0. The van der Waals surface area contributed by atoms with Crippen LogP contribution >= 0.6 is 0 Å². The van der Waals surface area contributed by atoms with Gasteiger partial charge < -0.3 is 63.9 Å². The molecule has 0 spiro atoms. The van der Waals surface area contributed by atoms with Crippen LogP contribution in [0, 0.1) is 17.8 Å². The highest BCUT2D eigenvalue weighted by Gasteiger charge is 2.31. The van der Waals surface area contributed by atoms with Gasteiger partial charge in [0.2, 0.25) is 0 Å². The number of aliphatic hydroxyl groups is 2. The fourth-order valence-electron chi connectivity index (χ4n) is 7.05. The predicted octanol–water partition coefficient (Wildman–Crippen LogP) is 4.98. The summed E-state index contributed by atoms with van der Waals surface area (Å²) in [6.07, 6.45) is 10.0. The molecular weight excluding hydrogens is 1110 g/mol. The van der Waals surface area contributed by atoms with Gasteiger partial charge in [-0.3, -0.25) is 43.2 Å². The number of rotatable bonds is 49. The van der Waals surface area contributed by atoms with Crippen LogP contribution < -0.4 is 11.1 Å². The van der Waals surface area contributed by atoms with Crippen molar-refractivity contribution in [3.63, 3.8) is 0 Å². The number of nitrogens with one attached hydrogen (secondary N) is 1. The summed E-state index contributed by atoms with van der Waals surface area (Å²) in [5, 5.41) is 20.5. The summed E-state index contributed by atoms with van der Waals surface area (Å²) in [6.45, 7) is 16.2. The average Bonchev–Trinajstić information content (AvgIpc) is 4.31. The molecular formula is C57H94N2O23S. The van der Waals surface area contributed by atoms with Gasteiger partial charge in [0, 0.05) is 70.2 Å². The van der Waals surface area contributed by atoms with E-state index in [0.717, 1.165) is 5.41 Å². The highest BCUT2D eigenvalue weighted by Crippen LogP contribution is 2.25. The van der Waals surface area contributed by atoms with Crippen molar-refractivity contribution < 1.29 is 109 Å². The number of aliphatic hydroxyl groups excluding tert-OH is 2. The third-order valence-corrected chi connectivity index (χ3v) is 12.9. The number of carbonyl (C=O) groups excluding carboxylic acids is 10. The lowest BCUT2D eigenvalue weighted by Crippen LogP contribution is -2.30. The molecule has 476 valence electrons. The molecule has 1 aliphatic heterocycles. The first-order chi connectivity index (χ1) is 39.8. The quantitative estimate of drug-likeness (QED) is 0.0205. The van der Waals surface area contributed by atoms with E-state index in [1.807, 2.05) is 0 Å². The molecule has 83 heavy (non-hydrogen) atoms. The number of allylic oxidation sites excluding steroid dienone is 2. The average molecular weight is 1210 g/mol. The molecule has 0 aromatic carbocycles. The number of amides is 1. The Hall–Kier alpha value is -6.09. The van der Waals surface area contributed by atoms with Gasteiger partial charge in [-0.25, -0.2) is 13.2 Å². The molecule has 26 heteroatoms. The molecule has 1 heterocycles. The number of unbranched alkanes of at least 4 members (excludes halogenated alkanes) is 2. The van der Waals surface area contributed by atoms with E-state index >= 15 is 0 Å². The van der Waals surface area contributed by atoms with E-state index in [2.05, 4.69) is 29.8 Å². The molecule has 0 saturated carbocycles. The van der Waals surface area contributed by atoms with Crippen molar-refractivity contribution in [3.05, 3.63) is 37.3 Å². The number of ketones is 2. The Morgan fingerprint density at radius 2 is 0.940 bits per heavy atom. The number of alkyl carbamates (subject to hydrolysis) is 1. The zero-order valence-corrected chi connectivity index (χ0v) is 49.7. The Balaban J connectivity index is 0. The second kappa shape index (κ2) is 52.7. The van der Waals surface area contributed by atoms with Crippen molar-refractivity contribution in [2.75, 3.05) is 91.5 Å². The van der Waals surface area contributed by atoms with E-state index < -0.39 is 27.9 Å². The first kappa shape index (κ1) is 79.0. The molecule has 1 aliphatic rings. The van der Waals surface area contributed by atoms with Gasteiger partial charge in [0.1, 0.15) is 18.2 Å². The Labute approximate surface area is 489 Å². The molecule has 25 nitrogen and oxygen atoms in total. The molecule has 1 fully saturated rings. The highest BCUT2D eigenvalue weighted by molar-refractivity contribution is 7.94. The molecule has 0 aromatic heterocycles. The summed E-state index contributed by atoms with van der Waals surface area (Å²) >= 11 is 0. The van der Waals surface area contributed by atoms with Crippen LogP contribution in [-0.4, -0.2) is 176 Å². The van der Waals surface area contributed by atoms with Crippen molar-refractivity contribution in [2.24, 2.45) is 23.5 Å². The molecule has 0 aromatic rings. The zero-order valence-electron chi connectivity index (χ0n) is 48.9. The van der Waals surface area contributed by atoms with Crippen LogP contribution in [0.3, 0.4) is 0 Å². The highest BCUT2D eigenvalue weighted by atomic mass is 32.2. The van der Waals surface area contributed by atoms with Gasteiger partial charge in [-0.2, -0.15) is 0 Å². The number of esters is 7. The number of ether oxygens (including phenoxy) is 9. The van der Waals surface area contributed by atoms with Gasteiger partial charge in [-0.1, -0.05) is 18.7 Å². The SMILES string of the molecule is C=CCC(CCCOC(=O)C(CCCOC(=O)CCC(=O)CCO)CC1CO1)C(=O)OCCCCC(=O)OCC.C=CCC(CCCOC(=O)CCC(=O)CCO)C(=O)OCCCCC(=O)OCC.C=CS(=O)(=O)CCOC(=O)NCCN. The molecule has 4 unspecified atom stereocenters. The lowest BCUT2D eigenvalue weighted by molar-refractivity contribution is -0.151. The maximum absolute atomic E-state index is 12.7. The number of carbonyl (C=O) groups is 10. The largest absolute Gasteiger partial charge is 0.466 e. The second-order valence-electron chi connectivity index (χ2n) is 18.6. The van der Waals surface area contributed by atoms with E-state index in [0.29, 0.717) is 129 Å². The van der Waals surface area contributed by atoms with Gasteiger partial charge >= 0.3 is 47.9 Å². The fraction of sp³-hybridized carbons (Fsp3) is 0.719. The number of hydrogen-bond donors (Lipinski definition) is 4. The fourth-order valence-corrected chi connectivity index (χ4v) is 7.53. The van der Waals surface area contributed by atoms with Crippen molar-refractivity contribution in [3.8, 4) is 0 Å². The molecule has 5 N–H and O–H groups in total. The first-order valence-corrected chi connectivity index (χ1v) is 30.1. The number of Topliss-reactive ketones (excluding diaryl/α,β-unsaturated/α-hetero) is 2. The van der Waals surface area contributed by atoms with Crippen LogP contribution in [-0.2, 0) is 95.6 Å². The Morgan fingerprint density at radius 3 is 1.33 bits per heavy atom. The van der Waals surface area contributed by atoms with E-state index in [-0.39, 0.29) is 162 Å². The lowest BCUT2D eigenvalue weighted by Gasteiger charge is -2.17. The maximum Gasteiger partial charge on any atom is 0.407 e. The van der Waals surface area contributed by atoms with Crippen LogP contribution in [0.25, 0.3) is 0 Å². The number of nitrogens with two attached hydrogens (primary N) is 1. The van der Waals surface area contributed by atoms with Crippen LogP contribution in [0.15, 0.2) is 37.3 Å². The predicted molar refractivity (Wildman–Crippen MR) is 302 cm³/mol. The molecule has 0 bridgehead atoms. The minimum atomic E-state index is -3.30. The molecule has 0 radical (unpaired) electrons. The standard InChI is InChI=1S/C29H46O11.C21H34O8.C7H14N2O4S/c1-3-9-22(28(34)38-17-6-5-12-26(32)36-4-2)10-7-19-39-29(35)23(20-25-21-40-25)11-8-18-37-27(33)14-13-24(31)15-16-30;1-3-8-17(21(26)29-15-6-5-10-19(24)27-4-2)9-7-16-28-20(25)12-11-18(23)13-14-22;1-2-14(11,12)6-5-13-7(10)9-4-3-8/h3,22-23,25,30H,1,4-21H2,2H3;3,17,22H,1,4-16H2,2H3;2H,1,3-6,8H2,(H,9,10). The van der Waals surface area contributed by atoms with Crippen LogP contribution in [0.1, 0.15) is 149 Å². The van der Waals surface area contributed by atoms with Gasteiger partial charge in [-0.05, 0) is 97.3 Å². The number of sulfone groups is 1. The van der Waals surface area contributed by atoms with Crippen molar-refractivity contribution in [1.29, 1.82) is 0 Å². The minimum Gasteiger partial charge on any atom is -0.466 e. The molecule has 1 saturated heterocycles. The molecule has 1 amide bonds. The molecule has 4 atom stereocenters. The number of hydrogen-bond acceptors (Lipinski definition) is 24. The van der Waals surface area contributed by atoms with Crippen molar-refractivity contribution in [1.82, 2.24) is 5.32 Å². The summed E-state index contributed by atoms with van der Waals surface area (Å²) in [5.41, 5.74) is 5.12. The Morgan fingerprint density at radius 1 is 0.542 bits per heavy atom. The smallest absolute Gasteiger partial charge is 0.407 e. The Bertz CT molecular complexity index is 2030. The summed E-state index contributed by atoms with van der Waals surface area (Å²) in [7, 11) is -3.30. The summed E-state index contributed by atoms with van der Waals surface area (Å²) < 4.78 is 67.5. The number of epoxide rings is 1. The second-order valence-corrected chi connectivity index (χ2v) is 20.7. The van der Waals surface area contributed by atoms with Gasteiger partial charge in [0.05, 0.1) is 95.3 Å². The molecule has 1 rings (SSSR count). The van der Waals surface area contributed by atoms with Crippen LogP contribution in [0.4, 0.5) is 4.79 Å². The summed E-state index contributed by atoms with van der Waals surface area (Å²) in [5.74, 6) is -4.25. The summed E-state index contributed by atoms with van der Waals surface area (Å²) in [4.78, 5) is 117. The minimum absolute atomic E-state index is 0.0112. The van der Waals surface area contributed by atoms with E-state index in [1.165, 1.54) is 0 Å². The Kier molecular flexibility index (Phi) is 50.1. The van der Waals surface area contributed by atoms with E-state index in [1.54, 1.807) is 26.0 Å². The monoisotopic (exact) mass is 1210 g/mol. The zero-order chi connectivity index (χ0) is 62.5. The van der Waals surface area contributed by atoms with E-state index in [9.17, 15) is 56.4 Å². The third kappa shape index (κ3) is 49.1. The van der Waals surface area contributed by atoms with Crippen molar-refractivity contribution >= 4 is 69.3 Å². The van der Waals surface area contributed by atoms with Crippen LogP contribution in [0.5, 0.6) is 0 Å². The van der Waals surface area contributed by atoms with E-state index in [4.69, 9.17) is 53.8 Å². The molecule has 0 aliphatic carbocycles. The van der Waals surface area contributed by atoms with Gasteiger partial charge in [0.15, 0.2) is 9.84 Å². The topological polar surface area (TPSA) is 370 Å². The lowest BCUT2D eigenvalue weighted by atomic mass is 9.98. The maximum atomic E-state index is 12.7. The third-order valence-electron chi connectivity index (χ3n) is 11.6. The van der Waals surface area contributed by atoms with Gasteiger partial charge in [-0.15, -0.1) is 13.2 Å². The van der Waals surface area contributed by atoms with Crippen molar-refractivity contribution in [2.45, 2.75) is 155 Å².